The monoisotopic (exact) mass is 379 g/mol. The van der Waals surface area contributed by atoms with E-state index in [9.17, 15) is 4.79 Å². The van der Waals surface area contributed by atoms with Gasteiger partial charge in [0.05, 0.1) is 7.11 Å². The van der Waals surface area contributed by atoms with Crippen LogP contribution in [-0.4, -0.2) is 45.4 Å². The van der Waals surface area contributed by atoms with Crippen molar-refractivity contribution in [2.45, 2.75) is 38.5 Å². The number of methoxy groups -OCH3 is 1. The van der Waals surface area contributed by atoms with Crippen LogP contribution in [0, 0.1) is 5.41 Å². The third-order valence-corrected chi connectivity index (χ3v) is 6.63. The van der Waals surface area contributed by atoms with Crippen LogP contribution in [0.15, 0.2) is 24.4 Å². The molecule has 2 fully saturated rings. The van der Waals surface area contributed by atoms with Crippen LogP contribution in [0.3, 0.4) is 0 Å². The van der Waals surface area contributed by atoms with E-state index in [0.29, 0.717) is 34.0 Å². The van der Waals surface area contributed by atoms with Crippen molar-refractivity contribution in [2.75, 3.05) is 25.9 Å². The first-order valence-electron chi connectivity index (χ1n) is 10.0. The molecule has 28 heavy (non-hydrogen) atoms. The Labute approximate surface area is 163 Å². The zero-order chi connectivity index (χ0) is 19.3. The average Bonchev–Trinajstić information content (AvgIpc) is 3.36. The second kappa shape index (κ2) is 6.36. The minimum atomic E-state index is -0.0213. The van der Waals surface area contributed by atoms with Crippen molar-refractivity contribution in [3.63, 3.8) is 0 Å². The van der Waals surface area contributed by atoms with Gasteiger partial charge in [-0.15, -0.1) is 0 Å². The maximum Gasteiger partial charge on any atom is 0.274 e. The molecule has 3 heterocycles. The second-order valence-corrected chi connectivity index (χ2v) is 8.15. The number of benzene rings is 1. The number of hydrogen-bond donors (Lipinski definition) is 1. The largest absolute Gasteiger partial charge is 0.494 e. The first kappa shape index (κ1) is 17.3. The number of hydrogen-bond acceptors (Lipinski definition) is 5. The van der Waals surface area contributed by atoms with Crippen molar-refractivity contribution >= 4 is 28.4 Å². The number of aromatic nitrogens is 3. The Morgan fingerprint density at radius 2 is 1.89 bits per heavy atom. The van der Waals surface area contributed by atoms with Gasteiger partial charge in [0.15, 0.2) is 0 Å². The highest BCUT2D eigenvalue weighted by atomic mass is 16.5. The van der Waals surface area contributed by atoms with Gasteiger partial charge >= 0.3 is 0 Å². The lowest BCUT2D eigenvalue weighted by molar-refractivity contribution is 0.0582. The molecule has 0 atom stereocenters. The van der Waals surface area contributed by atoms with Crippen LogP contribution >= 0.6 is 0 Å². The molecule has 1 aliphatic heterocycles. The number of nitrogens with zero attached hydrogens (tertiary/aromatic N) is 4. The molecule has 1 aliphatic carbocycles. The number of nitrogens with two attached hydrogens (primary N) is 1. The van der Waals surface area contributed by atoms with E-state index in [4.69, 9.17) is 10.5 Å². The molecule has 0 bridgehead atoms. The summed E-state index contributed by atoms with van der Waals surface area (Å²) in [4.78, 5) is 24.1. The normalized spacial score (nSPS) is 19.0. The summed E-state index contributed by atoms with van der Waals surface area (Å²) in [5.74, 6) is 0.912. The molecule has 146 valence electrons. The van der Waals surface area contributed by atoms with Gasteiger partial charge in [0.25, 0.3) is 5.91 Å². The zero-order valence-electron chi connectivity index (χ0n) is 16.1. The van der Waals surface area contributed by atoms with Crippen molar-refractivity contribution in [1.29, 1.82) is 0 Å². The summed E-state index contributed by atoms with van der Waals surface area (Å²) in [5.41, 5.74) is 8.34. The Hall–Kier alpha value is -2.83. The summed E-state index contributed by atoms with van der Waals surface area (Å²) in [6, 6.07) is 5.65. The molecule has 7 nitrogen and oxygen atoms in total. The van der Waals surface area contributed by atoms with E-state index < -0.39 is 0 Å². The van der Waals surface area contributed by atoms with Gasteiger partial charge in [-0.1, -0.05) is 18.9 Å². The van der Waals surface area contributed by atoms with Crippen molar-refractivity contribution in [1.82, 2.24) is 19.3 Å². The second-order valence-electron chi connectivity index (χ2n) is 8.15. The Morgan fingerprint density at radius 1 is 1.14 bits per heavy atom. The van der Waals surface area contributed by atoms with Crippen LogP contribution in [0.2, 0.25) is 0 Å². The lowest BCUT2D eigenvalue weighted by Gasteiger charge is -2.39. The van der Waals surface area contributed by atoms with Crippen molar-refractivity contribution < 1.29 is 9.53 Å². The van der Waals surface area contributed by atoms with Crippen LogP contribution in [0.4, 0.5) is 5.95 Å². The predicted octanol–water partition coefficient (Wildman–Crippen LogP) is 3.27. The Kier molecular flexibility index (Phi) is 3.92. The predicted molar refractivity (Wildman–Crippen MR) is 107 cm³/mol. The molecule has 7 heteroatoms. The van der Waals surface area contributed by atoms with Gasteiger partial charge in [0.1, 0.15) is 22.6 Å². The number of rotatable bonds is 2. The number of imidazole rings is 1. The van der Waals surface area contributed by atoms with Gasteiger partial charge in [-0.2, -0.15) is 0 Å². The summed E-state index contributed by atoms with van der Waals surface area (Å²) in [6.45, 7) is 1.63. The number of piperidine rings is 1. The standard InChI is InChI=1S/C21H25N5O2/c1-28-16-6-4-5-14-17(16)24-20(22)26-13-15(23-18(14)26)19(27)25-11-9-21(10-12-25)7-2-3-8-21/h4-6,13H,2-3,7-12H2,1H3,(H2,22,24). The zero-order valence-corrected chi connectivity index (χ0v) is 16.1. The first-order valence-corrected chi connectivity index (χ1v) is 10.0. The Bertz CT molecular complexity index is 1060. The molecule has 1 saturated carbocycles. The van der Waals surface area contributed by atoms with Gasteiger partial charge < -0.3 is 15.4 Å². The number of carbonyl (C=O) groups is 1. The van der Waals surface area contributed by atoms with Gasteiger partial charge in [-0.3, -0.25) is 9.20 Å². The van der Waals surface area contributed by atoms with Gasteiger partial charge in [0, 0.05) is 24.7 Å². The van der Waals surface area contributed by atoms with E-state index in [1.807, 2.05) is 23.1 Å². The number of nitrogen functional groups attached to an aromatic ring is 1. The number of ether oxygens (including phenoxy) is 1. The SMILES string of the molecule is COc1cccc2c1nc(N)n1cc(C(=O)N3CCC4(CCCC4)CC3)nc21. The van der Waals surface area contributed by atoms with Crippen LogP contribution < -0.4 is 10.5 Å². The highest BCUT2D eigenvalue weighted by molar-refractivity contribution is 5.99. The van der Waals surface area contributed by atoms with E-state index >= 15 is 0 Å². The molecule has 2 aliphatic rings. The summed E-state index contributed by atoms with van der Waals surface area (Å²) in [5, 5.41) is 0.816. The van der Waals surface area contributed by atoms with Crippen LogP contribution in [0.5, 0.6) is 5.75 Å². The molecule has 3 aromatic rings. The fraction of sp³-hybridized carbons (Fsp3) is 0.476. The highest BCUT2D eigenvalue weighted by Gasteiger charge is 2.38. The third kappa shape index (κ3) is 2.60. The topological polar surface area (TPSA) is 85.8 Å². The lowest BCUT2D eigenvalue weighted by Crippen LogP contribution is -2.42. The molecule has 1 spiro atoms. The van der Waals surface area contributed by atoms with Crippen LogP contribution in [0.1, 0.15) is 49.0 Å². The first-order chi connectivity index (χ1) is 13.6. The molecule has 0 unspecified atom stereocenters. The molecule has 2 N–H and O–H groups in total. The number of carbonyl (C=O) groups excluding carboxylic acids is 1. The summed E-state index contributed by atoms with van der Waals surface area (Å²) >= 11 is 0. The van der Waals surface area contributed by atoms with E-state index in [1.165, 1.54) is 25.7 Å². The number of anilines is 1. The third-order valence-electron chi connectivity index (χ3n) is 6.63. The molecule has 0 radical (unpaired) electrons. The number of likely N-dealkylation sites (tertiary alicyclic amines) is 1. The number of para-hydroxylation sites is 1. The quantitative estimate of drug-likeness (QED) is 0.738. The van der Waals surface area contributed by atoms with E-state index in [2.05, 4.69) is 9.97 Å². The smallest absolute Gasteiger partial charge is 0.274 e. The van der Waals surface area contributed by atoms with Gasteiger partial charge in [-0.25, -0.2) is 9.97 Å². The molecular weight excluding hydrogens is 354 g/mol. The molecule has 5 rings (SSSR count). The van der Waals surface area contributed by atoms with Gasteiger partial charge in [0.2, 0.25) is 5.95 Å². The fourth-order valence-electron chi connectivity index (χ4n) is 4.97. The van der Waals surface area contributed by atoms with Crippen molar-refractivity contribution in [2.24, 2.45) is 5.41 Å². The van der Waals surface area contributed by atoms with Crippen molar-refractivity contribution in [3.8, 4) is 5.75 Å². The molecule has 1 aromatic carbocycles. The average molecular weight is 379 g/mol. The highest BCUT2D eigenvalue weighted by Crippen LogP contribution is 2.46. The minimum absolute atomic E-state index is 0.0213. The Balaban J connectivity index is 1.49. The molecule has 1 amide bonds. The summed E-state index contributed by atoms with van der Waals surface area (Å²) < 4.78 is 7.09. The van der Waals surface area contributed by atoms with E-state index in [-0.39, 0.29) is 5.91 Å². The summed E-state index contributed by atoms with van der Waals surface area (Å²) in [7, 11) is 1.60. The molecule has 2 aromatic heterocycles. The minimum Gasteiger partial charge on any atom is -0.494 e. The maximum atomic E-state index is 13.1. The maximum absolute atomic E-state index is 13.1. The summed E-state index contributed by atoms with van der Waals surface area (Å²) in [6.07, 6.45) is 9.23. The van der Waals surface area contributed by atoms with E-state index in [1.54, 1.807) is 17.7 Å². The molecule has 1 saturated heterocycles. The number of amides is 1. The van der Waals surface area contributed by atoms with Gasteiger partial charge in [-0.05, 0) is 43.2 Å². The van der Waals surface area contributed by atoms with E-state index in [0.717, 1.165) is 31.3 Å². The van der Waals surface area contributed by atoms with Crippen LogP contribution in [-0.2, 0) is 0 Å². The van der Waals surface area contributed by atoms with Crippen LogP contribution in [0.25, 0.3) is 16.6 Å². The Morgan fingerprint density at radius 3 is 2.61 bits per heavy atom. The number of fused-ring (bicyclic) bond motifs is 3. The fourth-order valence-corrected chi connectivity index (χ4v) is 4.97. The lowest BCUT2D eigenvalue weighted by atomic mass is 9.77. The van der Waals surface area contributed by atoms with Crippen molar-refractivity contribution in [3.05, 3.63) is 30.1 Å². The molecular formula is C21H25N5O2.